The summed E-state index contributed by atoms with van der Waals surface area (Å²) in [5.74, 6) is -0.642. The Morgan fingerprint density at radius 1 is 1.17 bits per heavy atom. The van der Waals surface area contributed by atoms with Crippen molar-refractivity contribution >= 4 is 45.1 Å². The number of nitrogen functional groups attached to an aromatic ring is 1. The Bertz CT molecular complexity index is 1120. The summed E-state index contributed by atoms with van der Waals surface area (Å²) in [6, 6.07) is 5.08. The number of nitrogens with one attached hydrogen (secondary N) is 1. The number of nitrogens with two attached hydrogens (primary N) is 2. The molecule has 2 aromatic carbocycles. The van der Waals surface area contributed by atoms with Crippen LogP contribution in [0.5, 0.6) is 0 Å². The summed E-state index contributed by atoms with van der Waals surface area (Å²) >= 11 is 6.44. The van der Waals surface area contributed by atoms with Crippen molar-refractivity contribution in [3.05, 3.63) is 47.4 Å². The lowest BCUT2D eigenvalue weighted by molar-refractivity contribution is 0.100. The number of primary amides is 1. The largest absolute Gasteiger partial charge is 0.398 e. The van der Waals surface area contributed by atoms with Gasteiger partial charge in [0.15, 0.2) is 0 Å². The monoisotopic (exact) mass is 338 g/mol. The summed E-state index contributed by atoms with van der Waals surface area (Å²) in [5, 5.41) is 8.16. The highest BCUT2D eigenvalue weighted by Crippen LogP contribution is 2.42. The normalized spacial score (nSPS) is 11.2. The standard InChI is InChI=1S/C16H11ClN6O/c17-9-1-2-10-8(6-22-23-10)12(9)13-14(18)7(16(19)24)5-11-15(13)21-4-3-20-11/h1-6H,18H2,(H2,19,24)(H,22,23). The quantitative estimate of drug-likeness (QED) is 0.484. The molecule has 2 heterocycles. The summed E-state index contributed by atoms with van der Waals surface area (Å²) in [4.78, 5) is 20.4. The van der Waals surface area contributed by atoms with Crippen LogP contribution in [-0.2, 0) is 0 Å². The molecule has 2 aromatic heterocycles. The smallest absolute Gasteiger partial charge is 0.250 e. The third kappa shape index (κ3) is 1.99. The summed E-state index contributed by atoms with van der Waals surface area (Å²) < 4.78 is 0. The van der Waals surface area contributed by atoms with Crippen LogP contribution in [0.25, 0.3) is 33.1 Å². The number of hydrogen-bond acceptors (Lipinski definition) is 5. The molecule has 0 bridgehead atoms. The highest BCUT2D eigenvalue weighted by atomic mass is 35.5. The van der Waals surface area contributed by atoms with Crippen LogP contribution in [0.3, 0.4) is 0 Å². The molecule has 0 saturated heterocycles. The van der Waals surface area contributed by atoms with E-state index in [1.807, 2.05) is 6.07 Å². The number of aromatic nitrogens is 4. The number of anilines is 1. The minimum Gasteiger partial charge on any atom is -0.398 e. The Hall–Kier alpha value is -3.19. The summed E-state index contributed by atoms with van der Waals surface area (Å²) in [6.45, 7) is 0. The second kappa shape index (κ2) is 5.17. The fourth-order valence-electron chi connectivity index (χ4n) is 2.83. The van der Waals surface area contributed by atoms with E-state index in [-0.39, 0.29) is 11.3 Å². The van der Waals surface area contributed by atoms with E-state index >= 15 is 0 Å². The van der Waals surface area contributed by atoms with Gasteiger partial charge in [0, 0.05) is 33.9 Å². The number of amides is 1. The summed E-state index contributed by atoms with van der Waals surface area (Å²) in [7, 11) is 0. The number of halogens is 1. The first kappa shape index (κ1) is 14.4. The highest BCUT2D eigenvalue weighted by molar-refractivity contribution is 6.36. The average molecular weight is 339 g/mol. The van der Waals surface area contributed by atoms with Gasteiger partial charge >= 0.3 is 0 Å². The van der Waals surface area contributed by atoms with Gasteiger partial charge in [-0.25, -0.2) is 0 Å². The SMILES string of the molecule is NC(=O)c1cc2nccnc2c(-c2c(Cl)ccc3[nH]ncc23)c1N. The molecule has 7 nitrogen and oxygen atoms in total. The lowest BCUT2D eigenvalue weighted by atomic mass is 9.95. The van der Waals surface area contributed by atoms with Gasteiger partial charge < -0.3 is 11.5 Å². The van der Waals surface area contributed by atoms with Crippen molar-refractivity contribution in [2.45, 2.75) is 0 Å². The Labute approximate surface area is 140 Å². The molecule has 0 aliphatic heterocycles. The summed E-state index contributed by atoms with van der Waals surface area (Å²) in [5.41, 5.74) is 15.1. The first-order valence-corrected chi connectivity index (χ1v) is 7.40. The van der Waals surface area contributed by atoms with E-state index in [0.29, 0.717) is 27.2 Å². The molecule has 8 heteroatoms. The third-order valence-electron chi connectivity index (χ3n) is 3.89. The van der Waals surface area contributed by atoms with Crippen LogP contribution in [0.1, 0.15) is 10.4 Å². The van der Waals surface area contributed by atoms with E-state index in [9.17, 15) is 4.79 Å². The number of hydrogen-bond donors (Lipinski definition) is 3. The van der Waals surface area contributed by atoms with Gasteiger partial charge in [-0.15, -0.1) is 0 Å². The molecule has 5 N–H and O–H groups in total. The van der Waals surface area contributed by atoms with Gasteiger partial charge in [0.2, 0.25) is 0 Å². The molecule has 0 spiro atoms. The Morgan fingerprint density at radius 3 is 2.75 bits per heavy atom. The van der Waals surface area contributed by atoms with Crippen molar-refractivity contribution in [3.63, 3.8) is 0 Å². The molecule has 0 radical (unpaired) electrons. The maximum Gasteiger partial charge on any atom is 0.250 e. The number of benzene rings is 2. The number of fused-ring (bicyclic) bond motifs is 2. The van der Waals surface area contributed by atoms with E-state index < -0.39 is 5.91 Å². The zero-order chi connectivity index (χ0) is 16.8. The maximum absolute atomic E-state index is 11.8. The predicted octanol–water partition coefficient (Wildman–Crippen LogP) is 2.51. The van der Waals surface area contributed by atoms with E-state index in [1.165, 1.54) is 12.3 Å². The van der Waals surface area contributed by atoms with Crippen LogP contribution in [0.15, 0.2) is 36.8 Å². The van der Waals surface area contributed by atoms with E-state index in [2.05, 4.69) is 20.2 Å². The van der Waals surface area contributed by atoms with Gasteiger partial charge in [0.1, 0.15) is 0 Å². The van der Waals surface area contributed by atoms with Gasteiger partial charge in [-0.2, -0.15) is 5.10 Å². The lowest BCUT2D eigenvalue weighted by Gasteiger charge is -2.14. The number of carbonyl (C=O) groups excluding carboxylic acids is 1. The minimum atomic E-state index is -0.642. The zero-order valence-electron chi connectivity index (χ0n) is 12.2. The minimum absolute atomic E-state index is 0.176. The molecule has 4 rings (SSSR count). The van der Waals surface area contributed by atoms with Crippen molar-refractivity contribution in [2.75, 3.05) is 5.73 Å². The molecule has 0 aliphatic carbocycles. The maximum atomic E-state index is 11.8. The first-order valence-electron chi connectivity index (χ1n) is 7.03. The fraction of sp³-hybridized carbons (Fsp3) is 0. The fourth-order valence-corrected chi connectivity index (χ4v) is 3.08. The number of carbonyl (C=O) groups is 1. The molecule has 0 atom stereocenters. The van der Waals surface area contributed by atoms with Crippen molar-refractivity contribution in [2.24, 2.45) is 5.73 Å². The molecule has 4 aromatic rings. The topological polar surface area (TPSA) is 124 Å². The Kier molecular flexibility index (Phi) is 3.10. The van der Waals surface area contributed by atoms with Crippen LogP contribution >= 0.6 is 11.6 Å². The van der Waals surface area contributed by atoms with Crippen molar-refractivity contribution in [1.82, 2.24) is 20.2 Å². The molecule has 1 amide bonds. The number of rotatable bonds is 2. The van der Waals surface area contributed by atoms with Crippen LogP contribution in [0.4, 0.5) is 5.69 Å². The molecule has 0 aliphatic rings. The van der Waals surface area contributed by atoms with Crippen molar-refractivity contribution in [3.8, 4) is 11.1 Å². The first-order chi connectivity index (χ1) is 11.6. The average Bonchev–Trinajstić information content (AvgIpc) is 3.04. The van der Waals surface area contributed by atoms with Gasteiger partial charge in [-0.05, 0) is 18.2 Å². The van der Waals surface area contributed by atoms with Gasteiger partial charge in [0.25, 0.3) is 5.91 Å². The van der Waals surface area contributed by atoms with Gasteiger partial charge in [0.05, 0.1) is 34.0 Å². The van der Waals surface area contributed by atoms with E-state index in [0.717, 1.165) is 10.9 Å². The molecule has 118 valence electrons. The molecule has 0 unspecified atom stereocenters. The Morgan fingerprint density at radius 2 is 1.96 bits per heavy atom. The van der Waals surface area contributed by atoms with Crippen LogP contribution in [-0.4, -0.2) is 26.1 Å². The van der Waals surface area contributed by atoms with Crippen LogP contribution in [0, 0.1) is 0 Å². The molecule has 0 fully saturated rings. The van der Waals surface area contributed by atoms with Crippen molar-refractivity contribution in [1.29, 1.82) is 0 Å². The predicted molar refractivity (Wildman–Crippen MR) is 92.6 cm³/mol. The number of nitrogens with zero attached hydrogens (tertiary/aromatic N) is 3. The van der Waals surface area contributed by atoms with Crippen molar-refractivity contribution < 1.29 is 4.79 Å². The third-order valence-corrected chi connectivity index (χ3v) is 4.21. The van der Waals surface area contributed by atoms with E-state index in [4.69, 9.17) is 23.1 Å². The Balaban J connectivity index is 2.24. The summed E-state index contributed by atoms with van der Waals surface area (Å²) in [6.07, 6.45) is 4.74. The number of aromatic amines is 1. The molecule has 24 heavy (non-hydrogen) atoms. The second-order valence-electron chi connectivity index (χ2n) is 5.25. The lowest BCUT2D eigenvalue weighted by Crippen LogP contribution is -2.14. The van der Waals surface area contributed by atoms with Crippen LogP contribution < -0.4 is 11.5 Å². The molecular formula is C16H11ClN6O. The highest BCUT2D eigenvalue weighted by Gasteiger charge is 2.21. The van der Waals surface area contributed by atoms with E-state index in [1.54, 1.807) is 18.5 Å². The molecule has 0 saturated carbocycles. The molecular weight excluding hydrogens is 328 g/mol. The van der Waals surface area contributed by atoms with Gasteiger partial charge in [-0.1, -0.05) is 11.6 Å². The van der Waals surface area contributed by atoms with Crippen LogP contribution in [0.2, 0.25) is 5.02 Å². The van der Waals surface area contributed by atoms with Gasteiger partial charge in [-0.3, -0.25) is 19.9 Å². The zero-order valence-corrected chi connectivity index (χ0v) is 13.0. The number of H-pyrrole nitrogens is 1. The second-order valence-corrected chi connectivity index (χ2v) is 5.66.